The van der Waals surface area contributed by atoms with Crippen molar-refractivity contribution in [3.8, 4) is 0 Å². The van der Waals surface area contributed by atoms with E-state index < -0.39 is 5.97 Å². The van der Waals surface area contributed by atoms with Crippen molar-refractivity contribution in [3.05, 3.63) is 0 Å². The number of aliphatic carboxylic acids is 1. The van der Waals surface area contributed by atoms with Crippen LogP contribution in [0.4, 0.5) is 0 Å². The Kier molecular flexibility index (Phi) is 5.22. The molecule has 0 spiro atoms. The molecule has 1 aliphatic rings. The van der Waals surface area contributed by atoms with Gasteiger partial charge in [-0.3, -0.25) is 9.69 Å². The average Bonchev–Trinajstić information content (AvgIpc) is 2.67. The van der Waals surface area contributed by atoms with Crippen molar-refractivity contribution in [2.75, 3.05) is 26.3 Å². The van der Waals surface area contributed by atoms with Gasteiger partial charge in [0.15, 0.2) is 0 Å². The molecule has 1 fully saturated rings. The van der Waals surface area contributed by atoms with Crippen LogP contribution < -0.4 is 0 Å². The van der Waals surface area contributed by atoms with Crippen LogP contribution in [0.5, 0.6) is 0 Å². The van der Waals surface area contributed by atoms with Crippen molar-refractivity contribution < 1.29 is 14.6 Å². The Morgan fingerprint density at radius 1 is 1.50 bits per heavy atom. The van der Waals surface area contributed by atoms with Crippen LogP contribution in [0.1, 0.15) is 27.2 Å². The summed E-state index contributed by atoms with van der Waals surface area (Å²) in [5.74, 6) is -0.433. The molecule has 4 nitrogen and oxygen atoms in total. The van der Waals surface area contributed by atoms with Crippen LogP contribution in [0.2, 0.25) is 0 Å². The Morgan fingerprint density at radius 3 is 2.69 bits per heavy atom. The first-order chi connectivity index (χ1) is 7.56. The standard InChI is InChI=1S/C12H23NO3/c1-4-13(6-5-9(2)3)11-8-16-7-10(11)12(14)15/h9-11H,4-8H2,1-3H3,(H,14,15). The number of hydrogen-bond acceptors (Lipinski definition) is 3. The first kappa shape index (κ1) is 13.5. The van der Waals surface area contributed by atoms with Crippen molar-refractivity contribution in [1.29, 1.82) is 0 Å². The van der Waals surface area contributed by atoms with Crippen molar-refractivity contribution in [2.45, 2.75) is 33.2 Å². The molecule has 0 aromatic rings. The highest BCUT2D eigenvalue weighted by molar-refractivity contribution is 5.71. The van der Waals surface area contributed by atoms with Crippen LogP contribution in [-0.2, 0) is 9.53 Å². The lowest BCUT2D eigenvalue weighted by Crippen LogP contribution is -2.43. The average molecular weight is 229 g/mol. The number of likely N-dealkylation sites (N-methyl/N-ethyl adjacent to an activating group) is 1. The molecule has 94 valence electrons. The van der Waals surface area contributed by atoms with Crippen LogP contribution in [0.15, 0.2) is 0 Å². The van der Waals surface area contributed by atoms with E-state index in [1.165, 1.54) is 0 Å². The van der Waals surface area contributed by atoms with E-state index in [-0.39, 0.29) is 12.0 Å². The molecule has 4 heteroatoms. The van der Waals surface area contributed by atoms with E-state index in [1.807, 2.05) is 0 Å². The lowest BCUT2D eigenvalue weighted by atomic mass is 10.0. The predicted octanol–water partition coefficient (Wildman–Crippen LogP) is 1.45. The fourth-order valence-electron chi connectivity index (χ4n) is 2.12. The Labute approximate surface area is 97.6 Å². The maximum absolute atomic E-state index is 11.1. The van der Waals surface area contributed by atoms with Gasteiger partial charge in [0.05, 0.1) is 19.1 Å². The van der Waals surface area contributed by atoms with Gasteiger partial charge in [-0.1, -0.05) is 20.8 Å². The van der Waals surface area contributed by atoms with E-state index in [4.69, 9.17) is 9.84 Å². The zero-order valence-corrected chi connectivity index (χ0v) is 10.5. The first-order valence-electron chi connectivity index (χ1n) is 6.10. The smallest absolute Gasteiger partial charge is 0.310 e. The summed E-state index contributed by atoms with van der Waals surface area (Å²) >= 11 is 0. The largest absolute Gasteiger partial charge is 0.481 e. The summed E-state index contributed by atoms with van der Waals surface area (Å²) in [6.07, 6.45) is 1.11. The molecule has 1 aliphatic heterocycles. The third-order valence-corrected chi connectivity index (χ3v) is 3.24. The molecule has 0 bridgehead atoms. The Balaban J connectivity index is 2.53. The van der Waals surface area contributed by atoms with Crippen molar-refractivity contribution in [2.24, 2.45) is 11.8 Å². The molecule has 16 heavy (non-hydrogen) atoms. The number of carbonyl (C=O) groups is 1. The SMILES string of the molecule is CCN(CCC(C)C)C1COCC1C(=O)O. The maximum atomic E-state index is 11.1. The third-order valence-electron chi connectivity index (χ3n) is 3.24. The van der Waals surface area contributed by atoms with Gasteiger partial charge in [-0.15, -0.1) is 0 Å². The van der Waals surface area contributed by atoms with Gasteiger partial charge < -0.3 is 9.84 Å². The molecule has 2 atom stereocenters. The van der Waals surface area contributed by atoms with Crippen LogP contribution in [-0.4, -0.2) is 48.3 Å². The van der Waals surface area contributed by atoms with Crippen LogP contribution in [0.25, 0.3) is 0 Å². The second-order valence-electron chi connectivity index (χ2n) is 4.86. The Bertz CT molecular complexity index is 230. The molecular weight excluding hydrogens is 206 g/mol. The van der Waals surface area contributed by atoms with Gasteiger partial charge in [0.2, 0.25) is 0 Å². The maximum Gasteiger partial charge on any atom is 0.310 e. The predicted molar refractivity (Wildman–Crippen MR) is 62.4 cm³/mol. The number of carboxylic acid groups (broad SMARTS) is 1. The van der Waals surface area contributed by atoms with E-state index in [0.717, 1.165) is 19.5 Å². The summed E-state index contributed by atoms with van der Waals surface area (Å²) in [4.78, 5) is 13.3. The zero-order chi connectivity index (χ0) is 12.1. The van der Waals surface area contributed by atoms with E-state index in [9.17, 15) is 4.79 Å². The molecule has 0 saturated carbocycles. The monoisotopic (exact) mass is 229 g/mol. The summed E-state index contributed by atoms with van der Waals surface area (Å²) in [6, 6.07) is 0.0567. The molecule has 0 amide bonds. The minimum Gasteiger partial charge on any atom is -0.481 e. The van der Waals surface area contributed by atoms with E-state index in [1.54, 1.807) is 0 Å². The number of hydrogen-bond donors (Lipinski definition) is 1. The normalized spacial score (nSPS) is 25.6. The van der Waals surface area contributed by atoms with Gasteiger partial charge in [-0.25, -0.2) is 0 Å². The summed E-state index contributed by atoms with van der Waals surface area (Å²) in [5.41, 5.74) is 0. The molecule has 0 aromatic heterocycles. The summed E-state index contributed by atoms with van der Waals surface area (Å²) < 4.78 is 5.30. The number of carboxylic acids is 1. The lowest BCUT2D eigenvalue weighted by Gasteiger charge is -2.29. The Morgan fingerprint density at radius 2 is 2.19 bits per heavy atom. The molecule has 1 heterocycles. The second-order valence-corrected chi connectivity index (χ2v) is 4.86. The molecule has 0 aliphatic carbocycles. The highest BCUT2D eigenvalue weighted by atomic mass is 16.5. The summed E-state index contributed by atoms with van der Waals surface area (Å²) in [6.45, 7) is 9.23. The molecule has 2 unspecified atom stereocenters. The van der Waals surface area contributed by atoms with Crippen LogP contribution in [0.3, 0.4) is 0 Å². The van der Waals surface area contributed by atoms with Gasteiger partial charge in [0, 0.05) is 6.04 Å². The van der Waals surface area contributed by atoms with Crippen LogP contribution in [0, 0.1) is 11.8 Å². The third kappa shape index (κ3) is 3.46. The van der Waals surface area contributed by atoms with Gasteiger partial charge >= 0.3 is 5.97 Å². The lowest BCUT2D eigenvalue weighted by molar-refractivity contribution is -0.143. The highest BCUT2D eigenvalue weighted by Crippen LogP contribution is 2.20. The van der Waals surface area contributed by atoms with Crippen molar-refractivity contribution in [1.82, 2.24) is 4.90 Å². The minimum absolute atomic E-state index is 0.0567. The molecule has 1 N–H and O–H groups in total. The molecular formula is C12H23NO3. The summed E-state index contributed by atoms with van der Waals surface area (Å²) in [5, 5.41) is 9.10. The minimum atomic E-state index is -0.731. The van der Waals surface area contributed by atoms with Gasteiger partial charge in [0.1, 0.15) is 0 Å². The number of ether oxygens (including phenoxy) is 1. The van der Waals surface area contributed by atoms with Crippen molar-refractivity contribution in [3.63, 3.8) is 0 Å². The fraction of sp³-hybridized carbons (Fsp3) is 0.917. The van der Waals surface area contributed by atoms with E-state index >= 15 is 0 Å². The highest BCUT2D eigenvalue weighted by Gasteiger charge is 2.37. The fourth-order valence-corrected chi connectivity index (χ4v) is 2.12. The number of nitrogens with zero attached hydrogens (tertiary/aromatic N) is 1. The molecule has 0 radical (unpaired) electrons. The second kappa shape index (κ2) is 6.21. The quantitative estimate of drug-likeness (QED) is 0.749. The van der Waals surface area contributed by atoms with E-state index in [0.29, 0.717) is 19.1 Å². The first-order valence-corrected chi connectivity index (χ1v) is 6.10. The summed E-state index contributed by atoms with van der Waals surface area (Å²) in [7, 11) is 0. The van der Waals surface area contributed by atoms with Crippen molar-refractivity contribution >= 4 is 5.97 Å². The zero-order valence-electron chi connectivity index (χ0n) is 10.5. The molecule has 0 aromatic carbocycles. The van der Waals surface area contributed by atoms with Crippen LogP contribution >= 0.6 is 0 Å². The van der Waals surface area contributed by atoms with Gasteiger partial charge in [0.25, 0.3) is 0 Å². The van der Waals surface area contributed by atoms with Gasteiger partial charge in [-0.05, 0) is 25.4 Å². The Hall–Kier alpha value is -0.610. The molecule has 1 saturated heterocycles. The number of rotatable bonds is 6. The topological polar surface area (TPSA) is 49.8 Å². The van der Waals surface area contributed by atoms with E-state index in [2.05, 4.69) is 25.7 Å². The van der Waals surface area contributed by atoms with Gasteiger partial charge in [-0.2, -0.15) is 0 Å². The molecule has 1 rings (SSSR count).